The minimum absolute atomic E-state index is 0.0266. The van der Waals surface area contributed by atoms with Crippen molar-refractivity contribution in [2.45, 2.75) is 44.5 Å². The molecular formula is C22H23F6N9O3. The summed E-state index contributed by atoms with van der Waals surface area (Å²) in [6.45, 7) is -1.43. The van der Waals surface area contributed by atoms with Crippen LogP contribution in [0.3, 0.4) is 0 Å². The van der Waals surface area contributed by atoms with E-state index in [1.807, 2.05) is 0 Å². The van der Waals surface area contributed by atoms with Gasteiger partial charge in [0.25, 0.3) is 11.8 Å². The number of carbonyl (C=O) groups is 2. The molecule has 1 aliphatic heterocycles. The SMILES string of the molecule is O=C(CN1CC(F)(F)C1)Nc1cn(CC(F)CCn2cc(C(=O)NCc3cccc(OC(F)(F)F)c3)nn2)nn1. The fourth-order valence-corrected chi connectivity index (χ4v) is 3.75. The molecule has 1 fully saturated rings. The lowest BCUT2D eigenvalue weighted by atomic mass is 10.1. The predicted molar refractivity (Wildman–Crippen MR) is 124 cm³/mol. The van der Waals surface area contributed by atoms with Gasteiger partial charge in [-0.15, -0.1) is 23.4 Å². The van der Waals surface area contributed by atoms with E-state index in [1.54, 1.807) is 0 Å². The number of aryl methyl sites for hydroxylation is 1. The summed E-state index contributed by atoms with van der Waals surface area (Å²) in [6.07, 6.45) is -3.67. The average Bonchev–Trinajstić information content (AvgIpc) is 3.49. The van der Waals surface area contributed by atoms with Crippen molar-refractivity contribution in [1.29, 1.82) is 0 Å². The fourth-order valence-electron chi connectivity index (χ4n) is 3.75. The Labute approximate surface area is 222 Å². The van der Waals surface area contributed by atoms with Crippen LogP contribution in [0, 0.1) is 0 Å². The van der Waals surface area contributed by atoms with E-state index in [0.717, 1.165) is 12.1 Å². The van der Waals surface area contributed by atoms with Crippen LogP contribution in [0.4, 0.5) is 32.2 Å². The van der Waals surface area contributed by atoms with E-state index in [0.29, 0.717) is 5.56 Å². The molecule has 0 aliphatic carbocycles. The third-order valence-corrected chi connectivity index (χ3v) is 5.50. The van der Waals surface area contributed by atoms with Gasteiger partial charge in [-0.05, 0) is 17.7 Å². The summed E-state index contributed by atoms with van der Waals surface area (Å²) in [5, 5.41) is 19.8. The van der Waals surface area contributed by atoms with Gasteiger partial charge in [-0.3, -0.25) is 19.2 Å². The maximum Gasteiger partial charge on any atom is 0.573 e. The van der Waals surface area contributed by atoms with Gasteiger partial charge < -0.3 is 15.4 Å². The molecule has 3 heterocycles. The van der Waals surface area contributed by atoms with Crippen molar-refractivity contribution in [2.24, 2.45) is 0 Å². The number of likely N-dealkylation sites (tertiary alicyclic amines) is 1. The standard InChI is InChI=1S/C22H23F6N9O3/c23-15(8-37-10-18(32-34-37)30-19(38)11-35-12-21(24,25)13-35)4-5-36-9-17(31-33-36)20(39)29-7-14-2-1-3-16(6-14)40-22(26,27)28/h1-3,6,9-10,15H,4-5,7-8,11-13H2,(H,29,39)(H,30,38). The van der Waals surface area contributed by atoms with E-state index in [9.17, 15) is 35.9 Å². The van der Waals surface area contributed by atoms with Crippen LogP contribution in [0.2, 0.25) is 0 Å². The summed E-state index contributed by atoms with van der Waals surface area (Å²) in [5.41, 5.74) is 0.288. The molecule has 2 aromatic heterocycles. The third kappa shape index (κ3) is 8.65. The average molecular weight is 575 g/mol. The lowest BCUT2D eigenvalue weighted by Gasteiger charge is -2.37. The van der Waals surface area contributed by atoms with E-state index in [4.69, 9.17) is 0 Å². The number of alkyl halides is 6. The van der Waals surface area contributed by atoms with Gasteiger partial charge in [0.15, 0.2) is 11.5 Å². The van der Waals surface area contributed by atoms with E-state index in [-0.39, 0.29) is 44.1 Å². The molecule has 4 rings (SSSR count). The van der Waals surface area contributed by atoms with Gasteiger partial charge >= 0.3 is 6.36 Å². The van der Waals surface area contributed by atoms with Gasteiger partial charge in [-0.2, -0.15) is 0 Å². The summed E-state index contributed by atoms with van der Waals surface area (Å²) in [5.74, 6) is -4.33. The molecule has 0 bridgehead atoms. The van der Waals surface area contributed by atoms with Crippen LogP contribution in [0.5, 0.6) is 5.75 Å². The summed E-state index contributed by atoms with van der Waals surface area (Å²) < 4.78 is 83.5. The van der Waals surface area contributed by atoms with Crippen LogP contribution >= 0.6 is 0 Å². The van der Waals surface area contributed by atoms with Crippen molar-refractivity contribution in [1.82, 2.24) is 40.2 Å². The first-order chi connectivity index (χ1) is 18.8. The first kappa shape index (κ1) is 28.8. The molecule has 0 saturated carbocycles. The Balaban J connectivity index is 1.17. The molecule has 0 spiro atoms. The van der Waals surface area contributed by atoms with Crippen LogP contribution in [-0.2, 0) is 24.4 Å². The number of amides is 2. The zero-order chi connectivity index (χ0) is 28.9. The molecule has 1 aliphatic rings. The van der Waals surface area contributed by atoms with Crippen LogP contribution in [-0.4, -0.2) is 84.8 Å². The zero-order valence-corrected chi connectivity index (χ0v) is 20.6. The van der Waals surface area contributed by atoms with Crippen LogP contribution in [0.1, 0.15) is 22.5 Å². The summed E-state index contributed by atoms with van der Waals surface area (Å²) in [7, 11) is 0. The number of halogens is 6. The van der Waals surface area contributed by atoms with E-state index in [1.165, 1.54) is 38.8 Å². The summed E-state index contributed by atoms with van der Waals surface area (Å²) >= 11 is 0. The van der Waals surface area contributed by atoms with Gasteiger partial charge in [0, 0.05) is 19.5 Å². The number of benzene rings is 1. The number of hydrogen-bond donors (Lipinski definition) is 2. The number of nitrogens with zero attached hydrogens (tertiary/aromatic N) is 7. The first-order valence-corrected chi connectivity index (χ1v) is 11.8. The van der Waals surface area contributed by atoms with Gasteiger partial charge in [0.2, 0.25) is 5.91 Å². The third-order valence-electron chi connectivity index (χ3n) is 5.50. The Morgan fingerprint density at radius 2 is 1.85 bits per heavy atom. The second-order valence-corrected chi connectivity index (χ2v) is 9.01. The van der Waals surface area contributed by atoms with E-state index < -0.39 is 49.1 Å². The first-order valence-electron chi connectivity index (χ1n) is 11.8. The minimum Gasteiger partial charge on any atom is -0.406 e. The molecule has 2 amide bonds. The van der Waals surface area contributed by atoms with Gasteiger partial charge in [0.1, 0.15) is 11.9 Å². The van der Waals surface area contributed by atoms with Crippen molar-refractivity contribution in [3.63, 3.8) is 0 Å². The van der Waals surface area contributed by atoms with Gasteiger partial charge in [-0.1, -0.05) is 22.6 Å². The number of hydrogen-bond acceptors (Lipinski definition) is 8. The number of rotatable bonds is 12. The molecule has 1 saturated heterocycles. The quantitative estimate of drug-likeness (QED) is 0.314. The fraction of sp³-hybridized carbons (Fsp3) is 0.455. The molecule has 1 atom stereocenters. The minimum atomic E-state index is -4.84. The lowest BCUT2D eigenvalue weighted by molar-refractivity contribution is -0.274. The molecule has 40 heavy (non-hydrogen) atoms. The normalized spacial score (nSPS) is 15.8. The molecule has 1 aromatic carbocycles. The maximum absolute atomic E-state index is 14.5. The highest BCUT2D eigenvalue weighted by Crippen LogP contribution is 2.26. The number of carbonyl (C=O) groups excluding carboxylic acids is 2. The molecule has 1 unspecified atom stereocenters. The van der Waals surface area contributed by atoms with E-state index in [2.05, 4.69) is 36.0 Å². The van der Waals surface area contributed by atoms with Crippen molar-refractivity contribution < 1.29 is 40.7 Å². The number of aromatic nitrogens is 6. The molecule has 12 nitrogen and oxygen atoms in total. The number of anilines is 1. The lowest BCUT2D eigenvalue weighted by Crippen LogP contribution is -2.57. The number of nitrogens with one attached hydrogen (secondary N) is 2. The highest BCUT2D eigenvalue weighted by Gasteiger charge is 2.44. The Kier molecular flexibility index (Phi) is 8.55. The number of ether oxygens (including phenoxy) is 1. The Morgan fingerprint density at radius 1 is 1.10 bits per heavy atom. The monoisotopic (exact) mass is 575 g/mol. The largest absolute Gasteiger partial charge is 0.573 e. The second kappa shape index (κ2) is 11.9. The van der Waals surface area contributed by atoms with Crippen LogP contribution < -0.4 is 15.4 Å². The van der Waals surface area contributed by atoms with Crippen molar-refractivity contribution in [2.75, 3.05) is 25.0 Å². The predicted octanol–water partition coefficient (Wildman–Crippen LogP) is 2.02. The maximum atomic E-state index is 14.5. The van der Waals surface area contributed by atoms with Crippen molar-refractivity contribution in [3.05, 3.63) is 47.9 Å². The highest BCUT2D eigenvalue weighted by molar-refractivity contribution is 5.92. The van der Waals surface area contributed by atoms with Crippen molar-refractivity contribution in [3.8, 4) is 5.75 Å². The second-order valence-electron chi connectivity index (χ2n) is 9.01. The Hall–Kier alpha value is -4.22. The molecular weight excluding hydrogens is 552 g/mol. The highest BCUT2D eigenvalue weighted by atomic mass is 19.4. The van der Waals surface area contributed by atoms with E-state index >= 15 is 0 Å². The molecule has 3 aromatic rings. The Bertz CT molecular complexity index is 1320. The molecule has 216 valence electrons. The van der Waals surface area contributed by atoms with Crippen LogP contribution in [0.25, 0.3) is 0 Å². The van der Waals surface area contributed by atoms with Gasteiger partial charge in [0.05, 0.1) is 38.6 Å². The summed E-state index contributed by atoms with van der Waals surface area (Å²) in [6, 6.07) is 5.12. The molecule has 2 N–H and O–H groups in total. The molecule has 18 heteroatoms. The van der Waals surface area contributed by atoms with Crippen LogP contribution in [0.15, 0.2) is 36.7 Å². The molecule has 0 radical (unpaired) electrons. The van der Waals surface area contributed by atoms with Crippen molar-refractivity contribution >= 4 is 17.6 Å². The smallest absolute Gasteiger partial charge is 0.406 e. The topological polar surface area (TPSA) is 132 Å². The summed E-state index contributed by atoms with van der Waals surface area (Å²) in [4.78, 5) is 25.5. The van der Waals surface area contributed by atoms with Gasteiger partial charge in [-0.25, -0.2) is 17.9 Å². The Morgan fingerprint density at radius 3 is 2.58 bits per heavy atom. The zero-order valence-electron chi connectivity index (χ0n) is 20.6.